The highest BCUT2D eigenvalue weighted by molar-refractivity contribution is 4.66. The molecule has 4 nitrogen and oxygen atoms in total. The fourth-order valence-corrected chi connectivity index (χ4v) is 2.57. The lowest BCUT2D eigenvalue weighted by atomic mass is 10.0. The zero-order valence-electron chi connectivity index (χ0n) is 14.3. The molecule has 0 amide bonds. The van der Waals surface area contributed by atoms with Gasteiger partial charge >= 0.3 is 0 Å². The Morgan fingerprint density at radius 1 is 0.619 bits per heavy atom. The second kappa shape index (κ2) is 21.8. The zero-order chi connectivity index (χ0) is 14.2. The van der Waals surface area contributed by atoms with E-state index in [4.69, 9.17) is 0 Å². The van der Waals surface area contributed by atoms with Crippen LogP contribution < -0.4 is 0 Å². The van der Waals surface area contributed by atoms with Gasteiger partial charge in [-0.15, -0.1) is 0 Å². The van der Waals surface area contributed by atoms with Crippen LogP contribution in [0.25, 0.3) is 0 Å². The predicted molar refractivity (Wildman–Crippen MR) is 92.8 cm³/mol. The van der Waals surface area contributed by atoms with Crippen molar-refractivity contribution in [3.63, 3.8) is 0 Å². The van der Waals surface area contributed by atoms with Gasteiger partial charge in [0, 0.05) is 0 Å². The van der Waals surface area contributed by atoms with Crippen molar-refractivity contribution < 1.29 is 11.0 Å². The summed E-state index contributed by atoms with van der Waals surface area (Å²) < 4.78 is 0. The smallest absolute Gasteiger partial charge is 0.0919 e. The van der Waals surface area contributed by atoms with E-state index in [-0.39, 0.29) is 17.0 Å². The van der Waals surface area contributed by atoms with Gasteiger partial charge in [0.15, 0.2) is 0 Å². The lowest BCUT2D eigenvalue weighted by Gasteiger charge is -2.08. The number of nitroso groups, excluding NO2 is 1. The van der Waals surface area contributed by atoms with Crippen LogP contribution in [-0.4, -0.2) is 17.0 Å². The second-order valence-electron chi connectivity index (χ2n) is 5.87. The Bertz CT molecular complexity index is 173. The van der Waals surface area contributed by atoms with E-state index in [2.05, 4.69) is 19.0 Å². The largest absolute Gasteiger partial charge is 0.412 e. The van der Waals surface area contributed by atoms with Crippen molar-refractivity contribution in [1.29, 1.82) is 0 Å². The summed E-state index contributed by atoms with van der Waals surface area (Å²) in [6.45, 7) is 4.49. The minimum absolute atomic E-state index is 0. The zero-order valence-corrected chi connectivity index (χ0v) is 14.3. The fraction of sp³-hybridized carbons (Fsp3) is 1.00. The number of hydrogen-bond donors (Lipinski definition) is 0. The summed E-state index contributed by atoms with van der Waals surface area (Å²) in [5, 5.41) is 3.31. The first-order valence-electron chi connectivity index (χ1n) is 8.67. The Balaban J connectivity index is -0.00000162. The monoisotopic (exact) mass is 305 g/mol. The molecule has 0 aromatic carbocycles. The van der Waals surface area contributed by atoms with Gasteiger partial charge in [0.05, 0.1) is 6.04 Å². The van der Waals surface area contributed by atoms with Crippen LogP contribution in [-0.2, 0) is 0 Å². The Kier molecular flexibility index (Phi) is 26.5. The standard InChI is InChI=1S/C17H35NO.2H2O/c1-3-5-7-9-11-13-15-17(18-19)16-14-12-10-8-6-4-2;;/h17H,3-16H2,1-2H3;2*1H2. The van der Waals surface area contributed by atoms with E-state index in [9.17, 15) is 4.91 Å². The van der Waals surface area contributed by atoms with Crippen LogP contribution in [0.5, 0.6) is 0 Å². The molecular formula is C17H39NO3. The predicted octanol–water partition coefficient (Wildman–Crippen LogP) is 4.97. The Labute approximate surface area is 131 Å². The quantitative estimate of drug-likeness (QED) is 0.310. The molecule has 0 aliphatic carbocycles. The second-order valence-corrected chi connectivity index (χ2v) is 5.87. The van der Waals surface area contributed by atoms with Crippen molar-refractivity contribution >= 4 is 0 Å². The molecule has 0 bridgehead atoms. The van der Waals surface area contributed by atoms with Crippen LogP contribution in [0.4, 0.5) is 0 Å². The minimum Gasteiger partial charge on any atom is -0.412 e. The molecule has 0 aliphatic rings. The molecule has 0 heterocycles. The van der Waals surface area contributed by atoms with E-state index in [0.29, 0.717) is 0 Å². The first kappa shape index (κ1) is 25.5. The third-order valence-electron chi connectivity index (χ3n) is 3.93. The maximum atomic E-state index is 10.8. The van der Waals surface area contributed by atoms with Gasteiger partial charge in [-0.25, -0.2) is 0 Å². The molecule has 0 aromatic heterocycles. The highest BCUT2D eigenvalue weighted by atomic mass is 16.3. The topological polar surface area (TPSA) is 92.4 Å². The number of nitrogens with zero attached hydrogens (tertiary/aromatic N) is 1. The summed E-state index contributed by atoms with van der Waals surface area (Å²) in [5.74, 6) is 0. The van der Waals surface area contributed by atoms with Crippen molar-refractivity contribution in [2.45, 2.75) is 110 Å². The van der Waals surface area contributed by atoms with E-state index in [1.165, 1.54) is 77.0 Å². The molecule has 0 atom stereocenters. The number of rotatable bonds is 15. The highest BCUT2D eigenvalue weighted by Crippen LogP contribution is 2.16. The van der Waals surface area contributed by atoms with Crippen LogP contribution in [0, 0.1) is 4.91 Å². The Morgan fingerprint density at radius 2 is 0.952 bits per heavy atom. The molecule has 4 N–H and O–H groups in total. The molecule has 0 rings (SSSR count). The third kappa shape index (κ3) is 19.5. The normalized spacial score (nSPS) is 10.0. The Hall–Kier alpha value is -0.480. The maximum absolute atomic E-state index is 10.8. The van der Waals surface area contributed by atoms with E-state index < -0.39 is 0 Å². The summed E-state index contributed by atoms with van der Waals surface area (Å²) in [5.41, 5.74) is 0. The average molecular weight is 306 g/mol. The van der Waals surface area contributed by atoms with E-state index in [1.54, 1.807) is 0 Å². The lowest BCUT2D eigenvalue weighted by Crippen LogP contribution is -2.03. The van der Waals surface area contributed by atoms with Crippen LogP contribution >= 0.6 is 0 Å². The van der Waals surface area contributed by atoms with Crippen molar-refractivity contribution in [1.82, 2.24) is 0 Å². The number of unbranched alkanes of at least 4 members (excludes halogenated alkanes) is 10. The van der Waals surface area contributed by atoms with Gasteiger partial charge in [-0.2, -0.15) is 4.91 Å². The number of hydrogen-bond acceptors (Lipinski definition) is 2. The molecule has 130 valence electrons. The van der Waals surface area contributed by atoms with Gasteiger partial charge in [0.25, 0.3) is 0 Å². The maximum Gasteiger partial charge on any atom is 0.0919 e. The van der Waals surface area contributed by atoms with Gasteiger partial charge in [-0.3, -0.25) is 0 Å². The molecule has 0 radical (unpaired) electrons. The Morgan fingerprint density at radius 3 is 1.29 bits per heavy atom. The van der Waals surface area contributed by atoms with E-state index in [0.717, 1.165) is 12.8 Å². The van der Waals surface area contributed by atoms with Gasteiger partial charge < -0.3 is 11.0 Å². The van der Waals surface area contributed by atoms with Crippen molar-refractivity contribution in [3.8, 4) is 0 Å². The highest BCUT2D eigenvalue weighted by Gasteiger charge is 2.07. The van der Waals surface area contributed by atoms with Crippen LogP contribution in [0.2, 0.25) is 0 Å². The molecule has 0 aromatic rings. The van der Waals surface area contributed by atoms with Crippen molar-refractivity contribution in [3.05, 3.63) is 4.91 Å². The molecule has 4 heteroatoms. The average Bonchev–Trinajstić information content (AvgIpc) is 2.44. The summed E-state index contributed by atoms with van der Waals surface area (Å²) in [6, 6.07) is 0.0948. The van der Waals surface area contributed by atoms with E-state index >= 15 is 0 Å². The van der Waals surface area contributed by atoms with Gasteiger partial charge in [-0.05, 0) is 12.8 Å². The summed E-state index contributed by atoms with van der Waals surface area (Å²) in [4.78, 5) is 10.8. The molecule has 0 aliphatic heterocycles. The molecule has 0 unspecified atom stereocenters. The van der Waals surface area contributed by atoms with Gasteiger partial charge in [0.1, 0.15) is 0 Å². The van der Waals surface area contributed by atoms with Gasteiger partial charge in [-0.1, -0.05) is 96.1 Å². The summed E-state index contributed by atoms with van der Waals surface area (Å²) in [6.07, 6.45) is 17.7. The lowest BCUT2D eigenvalue weighted by molar-refractivity contribution is 0.483. The van der Waals surface area contributed by atoms with Crippen LogP contribution in [0.15, 0.2) is 5.18 Å². The molecular weight excluding hydrogens is 266 g/mol. The molecule has 21 heavy (non-hydrogen) atoms. The summed E-state index contributed by atoms with van der Waals surface area (Å²) in [7, 11) is 0. The molecule has 0 saturated carbocycles. The molecule has 0 fully saturated rings. The van der Waals surface area contributed by atoms with Crippen LogP contribution in [0.3, 0.4) is 0 Å². The molecule has 0 saturated heterocycles. The van der Waals surface area contributed by atoms with Crippen LogP contribution in [0.1, 0.15) is 104 Å². The SMILES string of the molecule is CCCCCCCCC(CCCCCCCC)N=O.O.O. The first-order valence-corrected chi connectivity index (χ1v) is 8.67. The summed E-state index contributed by atoms with van der Waals surface area (Å²) >= 11 is 0. The minimum atomic E-state index is 0. The van der Waals surface area contributed by atoms with Gasteiger partial charge in [0.2, 0.25) is 0 Å². The van der Waals surface area contributed by atoms with E-state index in [1.807, 2.05) is 0 Å². The molecule has 0 spiro atoms. The first-order chi connectivity index (χ1) is 9.35. The van der Waals surface area contributed by atoms with Crippen molar-refractivity contribution in [2.24, 2.45) is 5.18 Å². The van der Waals surface area contributed by atoms with Crippen molar-refractivity contribution in [2.75, 3.05) is 0 Å². The fourth-order valence-electron chi connectivity index (χ4n) is 2.57. The third-order valence-corrected chi connectivity index (χ3v) is 3.93.